The number of hydrogen-bond donors (Lipinski definition) is 2. The van der Waals surface area contributed by atoms with Crippen LogP contribution >= 0.6 is 0 Å². The summed E-state index contributed by atoms with van der Waals surface area (Å²) in [5, 5.41) is 4.49. The first-order valence-corrected chi connectivity index (χ1v) is 10.6. The van der Waals surface area contributed by atoms with E-state index in [9.17, 15) is 4.79 Å². The highest BCUT2D eigenvalue weighted by atomic mass is 16.5. The zero-order chi connectivity index (χ0) is 19.6. The lowest BCUT2D eigenvalue weighted by Crippen LogP contribution is -2.43. The molecule has 0 radical (unpaired) electrons. The topological polar surface area (TPSA) is 57.4 Å². The van der Waals surface area contributed by atoms with Gasteiger partial charge in [-0.25, -0.2) is 0 Å². The molecule has 2 aromatic carbocycles. The van der Waals surface area contributed by atoms with E-state index >= 15 is 0 Å². The lowest BCUT2D eigenvalue weighted by Gasteiger charge is -2.32. The Kier molecular flexibility index (Phi) is 4.98. The molecule has 29 heavy (non-hydrogen) atoms. The number of hydrogen-bond acceptors (Lipinski definition) is 3. The number of ether oxygens (including phenoxy) is 1. The maximum atomic E-state index is 12.7. The van der Waals surface area contributed by atoms with Gasteiger partial charge in [-0.05, 0) is 49.5 Å². The third kappa shape index (κ3) is 3.87. The second-order valence-corrected chi connectivity index (χ2v) is 8.16. The molecule has 1 fully saturated rings. The first-order chi connectivity index (χ1) is 14.3. The van der Waals surface area contributed by atoms with Gasteiger partial charge in [0.05, 0.1) is 19.2 Å². The largest absolute Gasteiger partial charge is 0.493 e. The van der Waals surface area contributed by atoms with E-state index in [0.717, 1.165) is 43.7 Å². The normalized spacial score (nSPS) is 20.2. The molecular formula is C24H27N3O2. The van der Waals surface area contributed by atoms with Gasteiger partial charge in [-0.1, -0.05) is 36.4 Å². The Balaban J connectivity index is 1.15. The lowest BCUT2D eigenvalue weighted by atomic mass is 9.93. The summed E-state index contributed by atoms with van der Waals surface area (Å²) in [7, 11) is 0. The van der Waals surface area contributed by atoms with Crippen LogP contribution in [0.5, 0.6) is 5.75 Å². The van der Waals surface area contributed by atoms with Gasteiger partial charge in [0.1, 0.15) is 5.75 Å². The SMILES string of the molecule is O=C(CN1CCC(c2cc3ccccc3[nH]2)CC1)N[C@H]1CCOc2ccccc21. The standard InChI is InChI=1S/C24H27N3O2/c28-24(26-21-11-14-29-23-8-4-2-6-19(21)23)16-27-12-9-17(10-13-27)22-15-18-5-1-3-7-20(18)25-22/h1-8,15,17,21,25H,9-14,16H2,(H,26,28)/t21-/m0/s1. The molecule has 0 bridgehead atoms. The molecule has 0 unspecified atom stereocenters. The third-order valence-corrected chi connectivity index (χ3v) is 6.24. The molecule has 2 aliphatic heterocycles. The van der Waals surface area contributed by atoms with Crippen LogP contribution in [0.15, 0.2) is 54.6 Å². The number of likely N-dealkylation sites (tertiary alicyclic amines) is 1. The summed E-state index contributed by atoms with van der Waals surface area (Å²) < 4.78 is 5.70. The van der Waals surface area contributed by atoms with Crippen molar-refractivity contribution in [2.24, 2.45) is 0 Å². The van der Waals surface area contributed by atoms with Crippen molar-refractivity contribution in [2.45, 2.75) is 31.2 Å². The summed E-state index contributed by atoms with van der Waals surface area (Å²) >= 11 is 0. The Morgan fingerprint density at radius 2 is 1.86 bits per heavy atom. The molecule has 1 amide bonds. The third-order valence-electron chi connectivity index (χ3n) is 6.24. The smallest absolute Gasteiger partial charge is 0.234 e. The van der Waals surface area contributed by atoms with Gasteiger partial charge in [0.15, 0.2) is 0 Å². The highest BCUT2D eigenvalue weighted by molar-refractivity contribution is 5.80. The number of carbonyl (C=O) groups excluding carboxylic acids is 1. The monoisotopic (exact) mass is 389 g/mol. The van der Waals surface area contributed by atoms with Gasteiger partial charge in [0.2, 0.25) is 5.91 Å². The fourth-order valence-corrected chi connectivity index (χ4v) is 4.65. The molecule has 0 spiro atoms. The summed E-state index contributed by atoms with van der Waals surface area (Å²) in [5.41, 5.74) is 3.62. The van der Waals surface area contributed by atoms with Crippen LogP contribution in [-0.4, -0.2) is 42.0 Å². The number of nitrogens with zero attached hydrogens (tertiary/aromatic N) is 1. The van der Waals surface area contributed by atoms with Crippen LogP contribution in [0.1, 0.15) is 42.5 Å². The Bertz CT molecular complexity index is 971. The van der Waals surface area contributed by atoms with Crippen molar-refractivity contribution in [3.05, 3.63) is 65.9 Å². The minimum Gasteiger partial charge on any atom is -0.493 e. The molecule has 3 heterocycles. The van der Waals surface area contributed by atoms with Crippen LogP contribution < -0.4 is 10.1 Å². The van der Waals surface area contributed by atoms with E-state index < -0.39 is 0 Å². The van der Waals surface area contributed by atoms with Gasteiger partial charge < -0.3 is 15.0 Å². The minimum absolute atomic E-state index is 0.0522. The number of fused-ring (bicyclic) bond motifs is 2. The first-order valence-electron chi connectivity index (χ1n) is 10.6. The van der Waals surface area contributed by atoms with Crippen LogP contribution in [0.3, 0.4) is 0 Å². The summed E-state index contributed by atoms with van der Waals surface area (Å²) in [6.07, 6.45) is 2.99. The number of rotatable bonds is 4. The Hall–Kier alpha value is -2.79. The molecule has 5 nitrogen and oxygen atoms in total. The van der Waals surface area contributed by atoms with E-state index in [1.54, 1.807) is 0 Å². The van der Waals surface area contributed by atoms with Crippen molar-refractivity contribution in [3.8, 4) is 5.75 Å². The predicted octanol–water partition coefficient (Wildman–Crippen LogP) is 3.99. The Labute approximate surface area is 171 Å². The van der Waals surface area contributed by atoms with Crippen molar-refractivity contribution >= 4 is 16.8 Å². The fourth-order valence-electron chi connectivity index (χ4n) is 4.65. The number of aromatic amines is 1. The quantitative estimate of drug-likeness (QED) is 0.709. The summed E-state index contributed by atoms with van der Waals surface area (Å²) in [6, 6.07) is 18.8. The van der Waals surface area contributed by atoms with Gasteiger partial charge in [0.25, 0.3) is 0 Å². The lowest BCUT2D eigenvalue weighted by molar-refractivity contribution is -0.123. The highest BCUT2D eigenvalue weighted by Gasteiger charge is 2.26. The number of para-hydroxylation sites is 2. The van der Waals surface area contributed by atoms with Gasteiger partial charge in [-0.2, -0.15) is 0 Å². The van der Waals surface area contributed by atoms with E-state index in [-0.39, 0.29) is 11.9 Å². The molecule has 5 rings (SSSR count). The van der Waals surface area contributed by atoms with E-state index in [2.05, 4.69) is 45.5 Å². The molecule has 0 aliphatic carbocycles. The Morgan fingerprint density at radius 3 is 2.72 bits per heavy atom. The van der Waals surface area contributed by atoms with Crippen molar-refractivity contribution in [3.63, 3.8) is 0 Å². The maximum absolute atomic E-state index is 12.7. The van der Waals surface area contributed by atoms with Crippen molar-refractivity contribution in [1.29, 1.82) is 0 Å². The van der Waals surface area contributed by atoms with Crippen LogP contribution in [-0.2, 0) is 4.79 Å². The number of carbonyl (C=O) groups is 1. The summed E-state index contributed by atoms with van der Waals surface area (Å²) in [6.45, 7) is 3.03. The molecule has 150 valence electrons. The van der Waals surface area contributed by atoms with E-state index in [1.165, 1.54) is 16.6 Å². The molecule has 5 heteroatoms. The summed E-state index contributed by atoms with van der Waals surface area (Å²) in [5.74, 6) is 1.54. The van der Waals surface area contributed by atoms with Crippen molar-refractivity contribution < 1.29 is 9.53 Å². The van der Waals surface area contributed by atoms with Crippen LogP contribution in [0.4, 0.5) is 0 Å². The summed E-state index contributed by atoms with van der Waals surface area (Å²) in [4.78, 5) is 18.5. The van der Waals surface area contributed by atoms with Crippen LogP contribution in [0.25, 0.3) is 10.9 Å². The minimum atomic E-state index is 0.0522. The van der Waals surface area contributed by atoms with Gasteiger partial charge >= 0.3 is 0 Å². The number of aromatic nitrogens is 1. The molecule has 2 aliphatic rings. The molecular weight excluding hydrogens is 362 g/mol. The number of piperidine rings is 1. The average Bonchev–Trinajstić information content (AvgIpc) is 3.19. The molecule has 1 saturated heterocycles. The maximum Gasteiger partial charge on any atom is 0.234 e. The second-order valence-electron chi connectivity index (χ2n) is 8.16. The predicted molar refractivity (Wildman–Crippen MR) is 114 cm³/mol. The van der Waals surface area contributed by atoms with Crippen molar-refractivity contribution in [1.82, 2.24) is 15.2 Å². The van der Waals surface area contributed by atoms with Gasteiger partial charge in [-0.15, -0.1) is 0 Å². The van der Waals surface area contributed by atoms with Crippen molar-refractivity contribution in [2.75, 3.05) is 26.2 Å². The molecule has 2 N–H and O–H groups in total. The van der Waals surface area contributed by atoms with E-state index in [1.807, 2.05) is 24.3 Å². The van der Waals surface area contributed by atoms with E-state index in [0.29, 0.717) is 19.1 Å². The first kappa shape index (κ1) is 18.3. The number of H-pyrrole nitrogens is 1. The number of benzene rings is 2. The molecule has 1 atom stereocenters. The molecule has 0 saturated carbocycles. The number of amides is 1. The average molecular weight is 389 g/mol. The molecule has 3 aromatic rings. The van der Waals surface area contributed by atoms with Crippen LogP contribution in [0, 0.1) is 0 Å². The molecule has 1 aromatic heterocycles. The Morgan fingerprint density at radius 1 is 1.07 bits per heavy atom. The number of nitrogens with one attached hydrogen (secondary N) is 2. The van der Waals surface area contributed by atoms with Gasteiger partial charge in [-0.3, -0.25) is 9.69 Å². The van der Waals surface area contributed by atoms with Gasteiger partial charge in [0, 0.05) is 29.1 Å². The zero-order valence-electron chi connectivity index (χ0n) is 16.6. The highest BCUT2D eigenvalue weighted by Crippen LogP contribution is 2.32. The second kappa shape index (κ2) is 7.91. The fraction of sp³-hybridized carbons (Fsp3) is 0.375. The van der Waals surface area contributed by atoms with Crippen LogP contribution in [0.2, 0.25) is 0 Å². The van der Waals surface area contributed by atoms with E-state index in [4.69, 9.17) is 4.74 Å². The zero-order valence-corrected chi connectivity index (χ0v) is 16.6.